The first kappa shape index (κ1) is 19.3. The van der Waals surface area contributed by atoms with Crippen molar-refractivity contribution >= 4 is 46.8 Å². The summed E-state index contributed by atoms with van der Waals surface area (Å²) in [6.07, 6.45) is 0. The number of hydrogen-bond acceptors (Lipinski definition) is 5. The Hall–Kier alpha value is -1.73. The van der Waals surface area contributed by atoms with Crippen LogP contribution in [-0.4, -0.2) is 54.4 Å². The zero-order valence-corrected chi connectivity index (χ0v) is 14.6. The van der Waals surface area contributed by atoms with Gasteiger partial charge in [0.15, 0.2) is 0 Å². The fourth-order valence-corrected chi connectivity index (χ4v) is 2.52. The molecule has 0 aliphatic heterocycles. The van der Waals surface area contributed by atoms with Gasteiger partial charge in [0.2, 0.25) is 11.8 Å². The highest BCUT2D eigenvalue weighted by Crippen LogP contribution is 2.20. The van der Waals surface area contributed by atoms with Gasteiger partial charge in [0.1, 0.15) is 0 Å². The van der Waals surface area contributed by atoms with Crippen LogP contribution in [-0.2, 0) is 19.1 Å². The van der Waals surface area contributed by atoms with Gasteiger partial charge < -0.3 is 15.0 Å². The van der Waals surface area contributed by atoms with Gasteiger partial charge in [0.25, 0.3) is 0 Å². The van der Waals surface area contributed by atoms with E-state index in [0.717, 1.165) is 11.8 Å². The molecule has 0 unspecified atom stereocenters. The number of amides is 2. The Morgan fingerprint density at radius 3 is 2.61 bits per heavy atom. The minimum atomic E-state index is -0.357. The summed E-state index contributed by atoms with van der Waals surface area (Å²) in [7, 11) is 1.53. The number of carbonyl (C=O) groups is 3. The molecule has 0 atom stereocenters. The number of esters is 1. The molecule has 0 aliphatic rings. The highest BCUT2D eigenvalue weighted by Gasteiger charge is 2.14. The van der Waals surface area contributed by atoms with Crippen LogP contribution in [0.1, 0.15) is 6.92 Å². The minimum absolute atomic E-state index is 0.0932. The molecule has 23 heavy (non-hydrogen) atoms. The van der Waals surface area contributed by atoms with Gasteiger partial charge in [-0.2, -0.15) is 0 Å². The number of likely N-dealkylation sites (N-methyl/N-ethyl adjacent to an activating group) is 1. The molecule has 0 aliphatic carbocycles. The van der Waals surface area contributed by atoms with Gasteiger partial charge in [-0.25, -0.2) is 0 Å². The van der Waals surface area contributed by atoms with Gasteiger partial charge >= 0.3 is 5.97 Å². The largest absolute Gasteiger partial charge is 0.465 e. The number of nitrogens with zero attached hydrogens (tertiary/aromatic N) is 1. The first-order chi connectivity index (χ1) is 10.9. The zero-order valence-electron chi connectivity index (χ0n) is 13.0. The van der Waals surface area contributed by atoms with E-state index >= 15 is 0 Å². The highest BCUT2D eigenvalue weighted by molar-refractivity contribution is 8.00. The summed E-state index contributed by atoms with van der Waals surface area (Å²) in [5.74, 6) is -0.726. The van der Waals surface area contributed by atoms with Crippen LogP contribution in [0, 0.1) is 0 Å². The van der Waals surface area contributed by atoms with Gasteiger partial charge in [-0.3, -0.25) is 14.4 Å². The number of carbonyl (C=O) groups excluding carboxylic acids is 3. The first-order valence-corrected chi connectivity index (χ1v) is 8.49. The van der Waals surface area contributed by atoms with Crippen LogP contribution in [0.4, 0.5) is 5.69 Å². The summed E-state index contributed by atoms with van der Waals surface area (Å²) in [4.78, 5) is 36.2. The van der Waals surface area contributed by atoms with Crippen molar-refractivity contribution < 1.29 is 19.1 Å². The fraction of sp³-hybridized carbons (Fsp3) is 0.400. The standard InChI is InChI=1S/C15H19ClN2O4S/c1-3-22-15(21)10-23-9-14(20)18(2)8-13(19)17-12-7-5-4-6-11(12)16/h4-7H,3,8-10H2,1-2H3,(H,17,19). The quantitative estimate of drug-likeness (QED) is 0.720. The molecule has 1 N–H and O–H groups in total. The number of benzene rings is 1. The third-order valence-electron chi connectivity index (χ3n) is 2.71. The van der Waals surface area contributed by atoms with E-state index in [4.69, 9.17) is 16.3 Å². The SMILES string of the molecule is CCOC(=O)CSCC(=O)N(C)CC(=O)Nc1ccccc1Cl. The van der Waals surface area contributed by atoms with Crippen molar-refractivity contribution in [1.29, 1.82) is 0 Å². The van der Waals surface area contributed by atoms with Gasteiger partial charge in [0, 0.05) is 7.05 Å². The summed E-state index contributed by atoms with van der Waals surface area (Å²) < 4.78 is 4.77. The maximum absolute atomic E-state index is 11.9. The maximum Gasteiger partial charge on any atom is 0.315 e. The number of ether oxygens (including phenoxy) is 1. The summed E-state index contributed by atoms with van der Waals surface area (Å²) in [5.41, 5.74) is 0.497. The normalized spacial score (nSPS) is 10.0. The van der Waals surface area contributed by atoms with Gasteiger partial charge in [-0.05, 0) is 19.1 Å². The van der Waals surface area contributed by atoms with Crippen LogP contribution >= 0.6 is 23.4 Å². The first-order valence-electron chi connectivity index (χ1n) is 6.95. The van der Waals surface area contributed by atoms with Crippen molar-refractivity contribution in [3.05, 3.63) is 29.3 Å². The number of rotatable bonds is 8. The Morgan fingerprint density at radius 1 is 1.26 bits per heavy atom. The van der Waals surface area contributed by atoms with Crippen molar-refractivity contribution in [3.8, 4) is 0 Å². The molecule has 126 valence electrons. The molecule has 0 spiro atoms. The van der Waals surface area contributed by atoms with E-state index in [2.05, 4.69) is 5.32 Å². The zero-order chi connectivity index (χ0) is 17.2. The van der Waals surface area contributed by atoms with E-state index in [9.17, 15) is 14.4 Å². The van der Waals surface area contributed by atoms with E-state index in [1.54, 1.807) is 31.2 Å². The molecule has 1 aromatic rings. The molecule has 0 radical (unpaired) electrons. The molecule has 6 nitrogen and oxygen atoms in total. The molecule has 1 aromatic carbocycles. The second-order valence-corrected chi connectivity index (χ2v) is 5.97. The number of halogens is 1. The van der Waals surface area contributed by atoms with Gasteiger partial charge in [-0.1, -0.05) is 23.7 Å². The fourth-order valence-electron chi connectivity index (χ4n) is 1.59. The summed E-state index contributed by atoms with van der Waals surface area (Å²) in [5, 5.41) is 3.07. The van der Waals surface area contributed by atoms with Crippen LogP contribution in [0.5, 0.6) is 0 Å². The molecule has 0 bridgehead atoms. The lowest BCUT2D eigenvalue weighted by Crippen LogP contribution is -2.36. The molecule has 0 fully saturated rings. The third kappa shape index (κ3) is 7.38. The van der Waals surface area contributed by atoms with E-state index < -0.39 is 0 Å². The van der Waals surface area contributed by atoms with Crippen LogP contribution < -0.4 is 5.32 Å². The number of anilines is 1. The molecule has 0 saturated heterocycles. The average Bonchev–Trinajstić information content (AvgIpc) is 2.49. The van der Waals surface area contributed by atoms with Gasteiger partial charge in [0.05, 0.1) is 35.4 Å². The molecular weight excluding hydrogens is 340 g/mol. The minimum Gasteiger partial charge on any atom is -0.465 e. The lowest BCUT2D eigenvalue weighted by atomic mass is 10.3. The summed E-state index contributed by atoms with van der Waals surface area (Å²) >= 11 is 7.10. The topological polar surface area (TPSA) is 75.7 Å². The van der Waals surface area contributed by atoms with Crippen molar-refractivity contribution in [2.75, 3.05) is 37.0 Å². The summed E-state index contributed by atoms with van der Waals surface area (Å²) in [6.45, 7) is 1.94. The van der Waals surface area contributed by atoms with Gasteiger partial charge in [-0.15, -0.1) is 11.8 Å². The molecule has 0 saturated carbocycles. The smallest absolute Gasteiger partial charge is 0.315 e. The maximum atomic E-state index is 11.9. The third-order valence-corrected chi connectivity index (χ3v) is 3.93. The van der Waals surface area contributed by atoms with Crippen molar-refractivity contribution in [3.63, 3.8) is 0 Å². The Morgan fingerprint density at radius 2 is 1.96 bits per heavy atom. The Bertz CT molecular complexity index is 568. The number of hydrogen-bond donors (Lipinski definition) is 1. The van der Waals surface area contributed by atoms with Crippen LogP contribution in [0.2, 0.25) is 5.02 Å². The number of nitrogens with one attached hydrogen (secondary N) is 1. The second kappa shape index (κ2) is 10.1. The molecular formula is C15H19ClN2O4S. The van der Waals surface area contributed by atoms with E-state index in [0.29, 0.717) is 17.3 Å². The molecule has 8 heteroatoms. The predicted octanol–water partition coefficient (Wildman–Crippen LogP) is 2.03. The average molecular weight is 359 g/mol. The number of thioether (sulfide) groups is 1. The summed E-state index contributed by atoms with van der Waals surface area (Å²) in [6, 6.07) is 6.85. The molecule has 0 aromatic heterocycles. The van der Waals surface area contributed by atoms with Crippen molar-refractivity contribution in [2.24, 2.45) is 0 Å². The lowest BCUT2D eigenvalue weighted by molar-refractivity contribution is -0.139. The van der Waals surface area contributed by atoms with Crippen molar-refractivity contribution in [2.45, 2.75) is 6.92 Å². The van der Waals surface area contributed by atoms with Crippen LogP contribution in [0.25, 0.3) is 0 Å². The molecule has 0 heterocycles. The molecule has 1 rings (SSSR count). The lowest BCUT2D eigenvalue weighted by Gasteiger charge is -2.16. The Kier molecular flexibility index (Phi) is 8.50. The Balaban J connectivity index is 2.35. The predicted molar refractivity (Wildman–Crippen MR) is 91.7 cm³/mol. The Labute approximate surface area is 144 Å². The van der Waals surface area contributed by atoms with Crippen LogP contribution in [0.3, 0.4) is 0 Å². The van der Waals surface area contributed by atoms with E-state index in [1.807, 2.05) is 0 Å². The second-order valence-electron chi connectivity index (χ2n) is 4.58. The van der Waals surface area contributed by atoms with E-state index in [1.165, 1.54) is 11.9 Å². The highest BCUT2D eigenvalue weighted by atomic mass is 35.5. The molecule has 2 amide bonds. The monoisotopic (exact) mass is 358 g/mol. The van der Waals surface area contributed by atoms with Crippen molar-refractivity contribution in [1.82, 2.24) is 4.90 Å². The number of para-hydroxylation sites is 1. The van der Waals surface area contributed by atoms with E-state index in [-0.39, 0.29) is 35.8 Å². The van der Waals surface area contributed by atoms with Crippen LogP contribution in [0.15, 0.2) is 24.3 Å².